The first-order valence-corrected chi connectivity index (χ1v) is 9.56. The molecule has 0 spiro atoms. The predicted molar refractivity (Wildman–Crippen MR) is 99.5 cm³/mol. The van der Waals surface area contributed by atoms with Crippen molar-refractivity contribution in [2.45, 2.75) is 38.5 Å². The van der Waals surface area contributed by atoms with Crippen molar-refractivity contribution >= 4 is 5.82 Å². The number of piperidine rings is 1. The standard InChI is InChI=1S/C21H23F3N2O2/c1-13-5-7-18(17(27)9-13)28-20-14-3-2-4-15(20)12-26(11-14)19-8-6-16(10-25-19)21(22,23)24/h5-10,14-15,20,27H,2-4,11-12H2,1H3/t14-,15+,20?. The molecule has 2 aromatic rings. The molecule has 2 fully saturated rings. The Bertz CT molecular complexity index is 825. The first kappa shape index (κ1) is 18.9. The van der Waals surface area contributed by atoms with E-state index in [0.29, 0.717) is 24.7 Å². The van der Waals surface area contributed by atoms with Crippen LogP contribution >= 0.6 is 0 Å². The molecule has 0 amide bonds. The Morgan fingerprint density at radius 2 is 1.82 bits per heavy atom. The lowest BCUT2D eigenvalue weighted by atomic mass is 9.75. The number of ether oxygens (including phenoxy) is 1. The summed E-state index contributed by atoms with van der Waals surface area (Å²) in [6.45, 7) is 3.28. The van der Waals surface area contributed by atoms with Crippen molar-refractivity contribution in [2.24, 2.45) is 11.8 Å². The average Bonchev–Trinajstić information content (AvgIpc) is 2.63. The van der Waals surface area contributed by atoms with Crippen LogP contribution in [0.1, 0.15) is 30.4 Å². The van der Waals surface area contributed by atoms with Crippen LogP contribution in [-0.4, -0.2) is 29.3 Å². The van der Waals surface area contributed by atoms with E-state index in [9.17, 15) is 18.3 Å². The van der Waals surface area contributed by atoms with Crippen LogP contribution in [0.2, 0.25) is 0 Å². The molecule has 150 valence electrons. The van der Waals surface area contributed by atoms with Crippen LogP contribution in [0.4, 0.5) is 19.0 Å². The molecular weight excluding hydrogens is 369 g/mol. The zero-order valence-electron chi connectivity index (χ0n) is 15.6. The van der Waals surface area contributed by atoms with E-state index in [2.05, 4.69) is 9.88 Å². The number of hydrogen-bond donors (Lipinski definition) is 1. The van der Waals surface area contributed by atoms with Gasteiger partial charge in [-0.3, -0.25) is 0 Å². The minimum atomic E-state index is -4.38. The number of aromatic nitrogens is 1. The van der Waals surface area contributed by atoms with Crippen molar-refractivity contribution < 1.29 is 23.0 Å². The maximum atomic E-state index is 12.8. The maximum Gasteiger partial charge on any atom is 0.417 e. The summed E-state index contributed by atoms with van der Waals surface area (Å²) in [6.07, 6.45) is -0.385. The first-order chi connectivity index (χ1) is 13.3. The van der Waals surface area contributed by atoms with Crippen molar-refractivity contribution in [3.63, 3.8) is 0 Å². The molecule has 4 rings (SSSR count). The van der Waals surface area contributed by atoms with Gasteiger partial charge in [0.2, 0.25) is 0 Å². The SMILES string of the molecule is Cc1ccc(OC2[C@@H]3CCC[C@H]2CN(c2ccc(C(F)(F)F)cn2)C3)c(O)c1. The molecule has 1 aromatic heterocycles. The van der Waals surface area contributed by atoms with Crippen LogP contribution in [0, 0.1) is 18.8 Å². The van der Waals surface area contributed by atoms with E-state index in [1.807, 2.05) is 13.0 Å². The molecule has 1 saturated carbocycles. The lowest BCUT2D eigenvalue weighted by Crippen LogP contribution is -2.54. The fourth-order valence-electron chi connectivity index (χ4n) is 4.38. The quantitative estimate of drug-likeness (QED) is 0.815. The number of halogens is 3. The molecule has 2 bridgehead atoms. The van der Waals surface area contributed by atoms with Crippen LogP contribution in [0.3, 0.4) is 0 Å². The molecule has 1 unspecified atom stereocenters. The molecule has 1 aliphatic carbocycles. The summed E-state index contributed by atoms with van der Waals surface area (Å²) in [5.74, 6) is 1.70. The third-order valence-electron chi connectivity index (χ3n) is 5.77. The number of aryl methyl sites for hydroxylation is 1. The number of hydrogen-bond acceptors (Lipinski definition) is 4. The van der Waals surface area contributed by atoms with E-state index < -0.39 is 11.7 Å². The highest BCUT2D eigenvalue weighted by atomic mass is 19.4. The van der Waals surface area contributed by atoms with Gasteiger partial charge in [-0.15, -0.1) is 0 Å². The van der Waals surface area contributed by atoms with Crippen LogP contribution < -0.4 is 9.64 Å². The Morgan fingerprint density at radius 1 is 1.11 bits per heavy atom. The Labute approximate surface area is 162 Å². The summed E-state index contributed by atoms with van der Waals surface area (Å²) in [7, 11) is 0. The fourth-order valence-corrected chi connectivity index (χ4v) is 4.38. The second-order valence-electron chi connectivity index (χ2n) is 7.81. The fraction of sp³-hybridized carbons (Fsp3) is 0.476. The molecule has 1 aliphatic heterocycles. The van der Waals surface area contributed by atoms with Crippen LogP contribution in [0.25, 0.3) is 0 Å². The number of nitrogens with zero attached hydrogens (tertiary/aromatic N) is 2. The van der Waals surface area contributed by atoms with Gasteiger partial charge in [0.1, 0.15) is 11.9 Å². The smallest absolute Gasteiger partial charge is 0.417 e. The molecule has 3 atom stereocenters. The van der Waals surface area contributed by atoms with Gasteiger partial charge in [0, 0.05) is 31.1 Å². The lowest BCUT2D eigenvalue weighted by Gasteiger charge is -2.47. The minimum Gasteiger partial charge on any atom is -0.504 e. The second kappa shape index (κ2) is 7.18. The number of anilines is 1. The van der Waals surface area contributed by atoms with Gasteiger partial charge in [0.05, 0.1) is 5.56 Å². The van der Waals surface area contributed by atoms with Crippen molar-refractivity contribution in [1.82, 2.24) is 4.98 Å². The number of phenols is 1. The number of rotatable bonds is 3. The van der Waals surface area contributed by atoms with Gasteiger partial charge < -0.3 is 14.7 Å². The largest absolute Gasteiger partial charge is 0.504 e. The van der Waals surface area contributed by atoms with E-state index in [0.717, 1.165) is 37.1 Å². The average molecular weight is 392 g/mol. The highest BCUT2D eigenvalue weighted by molar-refractivity contribution is 5.43. The molecule has 4 nitrogen and oxygen atoms in total. The van der Waals surface area contributed by atoms with Crippen LogP contribution in [-0.2, 0) is 6.18 Å². The number of pyridine rings is 1. The molecule has 1 aromatic carbocycles. The Kier molecular flexibility index (Phi) is 4.85. The predicted octanol–water partition coefficient (Wildman–Crippen LogP) is 4.80. The van der Waals surface area contributed by atoms with E-state index in [4.69, 9.17) is 4.74 Å². The highest BCUT2D eigenvalue weighted by Gasteiger charge is 2.42. The summed E-state index contributed by atoms with van der Waals surface area (Å²) in [5.41, 5.74) is 0.234. The molecular formula is C21H23F3N2O2. The summed E-state index contributed by atoms with van der Waals surface area (Å²) in [5, 5.41) is 10.2. The third-order valence-corrected chi connectivity index (χ3v) is 5.77. The normalized spacial score (nSPS) is 24.9. The maximum absolute atomic E-state index is 12.8. The van der Waals surface area contributed by atoms with E-state index in [1.54, 1.807) is 12.1 Å². The summed E-state index contributed by atoms with van der Waals surface area (Å²) < 4.78 is 44.5. The van der Waals surface area contributed by atoms with Crippen LogP contribution in [0.5, 0.6) is 11.5 Å². The zero-order chi connectivity index (χ0) is 19.9. The van der Waals surface area contributed by atoms with E-state index >= 15 is 0 Å². The van der Waals surface area contributed by atoms with Crippen molar-refractivity contribution in [3.8, 4) is 11.5 Å². The Morgan fingerprint density at radius 3 is 2.39 bits per heavy atom. The molecule has 1 N–H and O–H groups in total. The summed E-state index contributed by atoms with van der Waals surface area (Å²) in [4.78, 5) is 6.11. The molecule has 2 heterocycles. The Hall–Kier alpha value is -2.44. The minimum absolute atomic E-state index is 0.00643. The topological polar surface area (TPSA) is 45.6 Å². The summed E-state index contributed by atoms with van der Waals surface area (Å²) >= 11 is 0. The van der Waals surface area contributed by atoms with Crippen molar-refractivity contribution in [3.05, 3.63) is 47.7 Å². The first-order valence-electron chi connectivity index (χ1n) is 9.56. The number of alkyl halides is 3. The van der Waals surface area contributed by atoms with Gasteiger partial charge in [-0.25, -0.2) is 4.98 Å². The summed E-state index contributed by atoms with van der Waals surface area (Å²) in [6, 6.07) is 7.93. The van der Waals surface area contributed by atoms with E-state index in [1.165, 1.54) is 6.07 Å². The second-order valence-corrected chi connectivity index (χ2v) is 7.81. The monoisotopic (exact) mass is 392 g/mol. The van der Waals surface area contributed by atoms with Gasteiger partial charge in [0.25, 0.3) is 0 Å². The molecule has 2 aliphatic rings. The molecule has 28 heavy (non-hydrogen) atoms. The zero-order valence-corrected chi connectivity index (χ0v) is 15.6. The van der Waals surface area contributed by atoms with Gasteiger partial charge >= 0.3 is 6.18 Å². The lowest BCUT2D eigenvalue weighted by molar-refractivity contribution is -0.137. The van der Waals surface area contributed by atoms with Crippen molar-refractivity contribution in [1.29, 1.82) is 0 Å². The molecule has 7 heteroatoms. The Balaban J connectivity index is 1.50. The number of fused-ring (bicyclic) bond motifs is 2. The van der Waals surface area contributed by atoms with Crippen molar-refractivity contribution in [2.75, 3.05) is 18.0 Å². The van der Waals surface area contributed by atoms with Gasteiger partial charge in [0.15, 0.2) is 11.5 Å². The third kappa shape index (κ3) is 3.75. The molecule has 0 radical (unpaired) electrons. The van der Waals surface area contributed by atoms with Gasteiger partial charge in [-0.05, 0) is 49.6 Å². The van der Waals surface area contributed by atoms with Crippen LogP contribution in [0.15, 0.2) is 36.5 Å². The molecule has 1 saturated heterocycles. The van der Waals surface area contributed by atoms with Gasteiger partial charge in [-0.2, -0.15) is 13.2 Å². The number of phenolic OH excluding ortho intramolecular Hbond substituents is 1. The van der Waals surface area contributed by atoms with Gasteiger partial charge in [-0.1, -0.05) is 12.5 Å². The number of benzene rings is 1. The highest BCUT2D eigenvalue weighted by Crippen LogP contribution is 2.40. The number of aromatic hydroxyl groups is 1. The van der Waals surface area contributed by atoms with E-state index in [-0.39, 0.29) is 23.7 Å².